The molecule has 1 atom stereocenters. The molecule has 0 radical (unpaired) electrons. The van der Waals surface area contributed by atoms with Crippen LogP contribution in [0, 0.1) is 5.92 Å². The first-order valence-corrected chi connectivity index (χ1v) is 10.7. The molecule has 2 aliphatic rings. The summed E-state index contributed by atoms with van der Waals surface area (Å²) in [6.07, 6.45) is 1.99. The topological polar surface area (TPSA) is 65.7 Å². The van der Waals surface area contributed by atoms with Crippen molar-refractivity contribution in [3.05, 3.63) is 34.6 Å². The van der Waals surface area contributed by atoms with Gasteiger partial charge in [-0.05, 0) is 50.7 Å². The minimum absolute atomic E-state index is 0.0750. The third-order valence-electron chi connectivity index (χ3n) is 5.60. The monoisotopic (exact) mass is 447 g/mol. The van der Waals surface area contributed by atoms with Crippen LogP contribution in [0.15, 0.2) is 33.3 Å². The molecule has 1 unspecified atom stereocenters. The van der Waals surface area contributed by atoms with Gasteiger partial charge in [0.2, 0.25) is 17.6 Å². The highest BCUT2D eigenvalue weighted by Crippen LogP contribution is 2.23. The predicted octanol–water partition coefficient (Wildman–Crippen LogP) is 2.49. The number of hydrogen-bond acceptors (Lipinski definition) is 6. The maximum absolute atomic E-state index is 12.9. The number of likely N-dealkylation sites (N-methyl/N-ethyl adjacent to an activating group) is 1. The van der Waals surface area contributed by atoms with Crippen LogP contribution >= 0.6 is 15.9 Å². The Balaban J connectivity index is 1.35. The quantitative estimate of drug-likeness (QED) is 0.716. The van der Waals surface area contributed by atoms with Crippen molar-refractivity contribution in [3.63, 3.8) is 0 Å². The Kier molecular flexibility index (Phi) is 6.08. The van der Waals surface area contributed by atoms with Crippen LogP contribution in [0.3, 0.4) is 0 Å². The van der Waals surface area contributed by atoms with E-state index in [4.69, 9.17) is 4.52 Å². The molecular weight excluding hydrogens is 422 g/mol. The number of carbonyl (C=O) groups is 1. The van der Waals surface area contributed by atoms with Gasteiger partial charge in [0.05, 0.1) is 12.5 Å². The third kappa shape index (κ3) is 4.61. The number of benzene rings is 1. The molecule has 150 valence electrons. The van der Waals surface area contributed by atoms with E-state index in [0.29, 0.717) is 24.2 Å². The molecule has 0 N–H and O–H groups in total. The van der Waals surface area contributed by atoms with Crippen LogP contribution in [0.2, 0.25) is 0 Å². The first kappa shape index (κ1) is 19.5. The number of nitrogens with zero attached hydrogens (tertiary/aromatic N) is 5. The van der Waals surface area contributed by atoms with Crippen LogP contribution in [0.25, 0.3) is 11.4 Å². The second-order valence-corrected chi connectivity index (χ2v) is 8.64. The van der Waals surface area contributed by atoms with Gasteiger partial charge in [0, 0.05) is 42.8 Å². The summed E-state index contributed by atoms with van der Waals surface area (Å²) in [4.78, 5) is 24.0. The third-order valence-corrected chi connectivity index (χ3v) is 6.13. The Bertz CT molecular complexity index is 801. The fraction of sp³-hybridized carbons (Fsp3) is 0.550. The van der Waals surface area contributed by atoms with Gasteiger partial charge < -0.3 is 14.3 Å². The number of piperidine rings is 1. The predicted molar refractivity (Wildman–Crippen MR) is 110 cm³/mol. The van der Waals surface area contributed by atoms with Gasteiger partial charge in [0.25, 0.3) is 0 Å². The summed E-state index contributed by atoms with van der Waals surface area (Å²) in [7, 11) is 2.11. The van der Waals surface area contributed by atoms with Crippen LogP contribution in [0.5, 0.6) is 0 Å². The number of amides is 1. The summed E-state index contributed by atoms with van der Waals surface area (Å²) in [5.74, 6) is 1.58. The van der Waals surface area contributed by atoms with Crippen molar-refractivity contribution in [2.75, 3.05) is 46.3 Å². The Hall–Kier alpha value is -1.77. The summed E-state index contributed by atoms with van der Waals surface area (Å²) in [5, 5.41) is 4.11. The van der Waals surface area contributed by atoms with Gasteiger partial charge in [-0.25, -0.2) is 0 Å². The summed E-state index contributed by atoms with van der Waals surface area (Å²) < 4.78 is 6.48. The van der Waals surface area contributed by atoms with E-state index < -0.39 is 0 Å². The van der Waals surface area contributed by atoms with Crippen LogP contribution in [0.4, 0.5) is 0 Å². The van der Waals surface area contributed by atoms with Crippen molar-refractivity contribution < 1.29 is 9.32 Å². The van der Waals surface area contributed by atoms with Crippen molar-refractivity contribution in [1.82, 2.24) is 24.8 Å². The summed E-state index contributed by atoms with van der Waals surface area (Å²) >= 11 is 3.43. The molecule has 4 rings (SSSR count). The molecule has 2 saturated heterocycles. The average molecular weight is 448 g/mol. The van der Waals surface area contributed by atoms with Crippen molar-refractivity contribution in [3.8, 4) is 11.4 Å². The number of rotatable bonds is 4. The zero-order chi connectivity index (χ0) is 19.5. The highest BCUT2D eigenvalue weighted by Gasteiger charge is 2.31. The smallest absolute Gasteiger partial charge is 0.241 e. The second-order valence-electron chi connectivity index (χ2n) is 7.72. The van der Waals surface area contributed by atoms with E-state index in [1.165, 1.54) is 0 Å². The van der Waals surface area contributed by atoms with Crippen molar-refractivity contribution in [2.24, 2.45) is 5.92 Å². The lowest BCUT2D eigenvalue weighted by Crippen LogP contribution is -2.51. The molecule has 28 heavy (non-hydrogen) atoms. The molecule has 2 aromatic rings. The van der Waals surface area contributed by atoms with Gasteiger partial charge in [-0.3, -0.25) is 9.69 Å². The Morgan fingerprint density at radius 2 is 1.93 bits per heavy atom. The molecule has 7 nitrogen and oxygen atoms in total. The molecule has 2 fully saturated rings. The molecule has 2 aliphatic heterocycles. The molecule has 0 saturated carbocycles. The van der Waals surface area contributed by atoms with Gasteiger partial charge in [-0.1, -0.05) is 21.1 Å². The van der Waals surface area contributed by atoms with Crippen LogP contribution in [-0.4, -0.2) is 77.1 Å². The Labute approximate surface area is 173 Å². The largest absolute Gasteiger partial charge is 0.340 e. The number of likely N-dealkylation sites (tertiary alicyclic amines) is 1. The van der Waals surface area contributed by atoms with Gasteiger partial charge in [-0.2, -0.15) is 4.98 Å². The summed E-state index contributed by atoms with van der Waals surface area (Å²) in [5.41, 5.74) is 0.931. The maximum atomic E-state index is 12.9. The Morgan fingerprint density at radius 3 is 2.68 bits per heavy atom. The number of halogens is 1. The molecule has 0 aliphatic carbocycles. The number of carbonyl (C=O) groups excluding carboxylic acids is 1. The molecule has 1 amide bonds. The first-order valence-electron chi connectivity index (χ1n) is 9.87. The fourth-order valence-corrected chi connectivity index (χ4v) is 4.18. The SMILES string of the molecule is CN1CCN(C(=O)C2CCCN(Cc3nc(-c4ccc(Br)cc4)no3)C2)CC1. The molecule has 1 aromatic heterocycles. The van der Waals surface area contributed by atoms with E-state index in [9.17, 15) is 4.79 Å². The van der Waals surface area contributed by atoms with Gasteiger partial charge >= 0.3 is 0 Å². The lowest BCUT2D eigenvalue weighted by Gasteiger charge is -2.37. The molecule has 0 bridgehead atoms. The van der Waals surface area contributed by atoms with Crippen LogP contribution < -0.4 is 0 Å². The van der Waals surface area contributed by atoms with Crippen molar-refractivity contribution in [1.29, 1.82) is 0 Å². The van der Waals surface area contributed by atoms with E-state index in [0.717, 1.165) is 62.1 Å². The number of hydrogen-bond donors (Lipinski definition) is 0. The highest BCUT2D eigenvalue weighted by molar-refractivity contribution is 9.10. The van der Waals surface area contributed by atoms with E-state index >= 15 is 0 Å². The molecular formula is C20H26BrN5O2. The number of piperazine rings is 1. The van der Waals surface area contributed by atoms with Crippen LogP contribution in [-0.2, 0) is 11.3 Å². The first-order chi connectivity index (χ1) is 13.6. The lowest BCUT2D eigenvalue weighted by atomic mass is 9.96. The molecule has 1 aromatic carbocycles. The molecule has 0 spiro atoms. The molecule has 3 heterocycles. The van der Waals surface area contributed by atoms with Gasteiger partial charge in [-0.15, -0.1) is 0 Å². The van der Waals surface area contributed by atoms with Gasteiger partial charge in [0.1, 0.15) is 0 Å². The fourth-order valence-electron chi connectivity index (χ4n) is 3.91. The zero-order valence-corrected chi connectivity index (χ0v) is 17.8. The zero-order valence-electron chi connectivity index (χ0n) is 16.2. The highest BCUT2D eigenvalue weighted by atomic mass is 79.9. The summed E-state index contributed by atoms with van der Waals surface area (Å²) in [6, 6.07) is 7.85. The van der Waals surface area contributed by atoms with Crippen molar-refractivity contribution in [2.45, 2.75) is 19.4 Å². The molecule has 8 heteroatoms. The minimum atomic E-state index is 0.0750. The van der Waals surface area contributed by atoms with Crippen LogP contribution in [0.1, 0.15) is 18.7 Å². The van der Waals surface area contributed by atoms with E-state index in [2.05, 4.69) is 42.9 Å². The van der Waals surface area contributed by atoms with Crippen molar-refractivity contribution >= 4 is 21.8 Å². The minimum Gasteiger partial charge on any atom is -0.340 e. The average Bonchev–Trinajstić information content (AvgIpc) is 3.17. The summed E-state index contributed by atoms with van der Waals surface area (Å²) in [6.45, 7) is 5.92. The lowest BCUT2D eigenvalue weighted by molar-refractivity contribution is -0.139. The normalized spacial score (nSPS) is 21.8. The second kappa shape index (κ2) is 8.71. The maximum Gasteiger partial charge on any atom is 0.241 e. The standard InChI is InChI=1S/C20H26BrN5O2/c1-24-9-11-26(12-10-24)20(27)16-3-2-8-25(13-16)14-18-22-19(23-28-18)15-4-6-17(21)7-5-15/h4-7,16H,2-3,8-14H2,1H3. The Morgan fingerprint density at radius 1 is 1.18 bits per heavy atom. The van der Waals surface area contributed by atoms with Gasteiger partial charge in [0.15, 0.2) is 0 Å². The number of aromatic nitrogens is 2. The van der Waals surface area contributed by atoms with E-state index in [1.807, 2.05) is 29.2 Å². The van der Waals surface area contributed by atoms with E-state index in [1.54, 1.807) is 0 Å². The van der Waals surface area contributed by atoms with E-state index in [-0.39, 0.29) is 5.92 Å².